The molecule has 2 heterocycles. The smallest absolute Gasteiger partial charge is 0.166 e. The molecule has 2 saturated heterocycles. The van der Waals surface area contributed by atoms with E-state index in [0.717, 1.165) is 31.2 Å². The van der Waals surface area contributed by atoms with Crippen molar-refractivity contribution in [2.45, 2.75) is 44.8 Å². The molecule has 2 aliphatic heterocycles. The van der Waals surface area contributed by atoms with E-state index in [1.807, 2.05) is 6.92 Å². The summed E-state index contributed by atoms with van der Waals surface area (Å²) in [5, 5.41) is 0. The number of hydrogen-bond acceptors (Lipinski definition) is 2. The largest absolute Gasteiger partial charge is 0.375 e. The van der Waals surface area contributed by atoms with Crippen LogP contribution in [0, 0.1) is 18.7 Å². The molecule has 0 amide bonds. The van der Waals surface area contributed by atoms with E-state index in [0.29, 0.717) is 5.56 Å². The molecule has 18 heavy (non-hydrogen) atoms. The van der Waals surface area contributed by atoms with E-state index in [1.54, 1.807) is 6.07 Å². The molecule has 3 heteroatoms. The lowest BCUT2D eigenvalue weighted by Crippen LogP contribution is -2.30. The van der Waals surface area contributed by atoms with Gasteiger partial charge in [-0.1, -0.05) is 0 Å². The van der Waals surface area contributed by atoms with Crippen LogP contribution in [-0.4, -0.2) is 18.0 Å². The van der Waals surface area contributed by atoms with Crippen LogP contribution in [0.2, 0.25) is 0 Å². The van der Waals surface area contributed by atoms with Crippen LogP contribution in [0.5, 0.6) is 0 Å². The van der Waals surface area contributed by atoms with Crippen molar-refractivity contribution in [3.63, 3.8) is 0 Å². The highest BCUT2D eigenvalue weighted by Gasteiger charge is 2.38. The van der Waals surface area contributed by atoms with Crippen molar-refractivity contribution in [1.82, 2.24) is 0 Å². The third kappa shape index (κ3) is 2.19. The minimum absolute atomic E-state index is 0.0115. The molecule has 2 bridgehead atoms. The molecule has 0 spiro atoms. The average Bonchev–Trinajstić information content (AvgIpc) is 2.66. The summed E-state index contributed by atoms with van der Waals surface area (Å²) in [5.74, 6) is -0.233. The van der Waals surface area contributed by atoms with E-state index in [1.165, 1.54) is 12.1 Å². The van der Waals surface area contributed by atoms with Crippen LogP contribution in [0.4, 0.5) is 4.39 Å². The van der Waals surface area contributed by atoms with Crippen molar-refractivity contribution < 1.29 is 13.9 Å². The summed E-state index contributed by atoms with van der Waals surface area (Å²) in [6, 6.07) is 4.58. The summed E-state index contributed by atoms with van der Waals surface area (Å²) >= 11 is 0. The van der Waals surface area contributed by atoms with Crippen LogP contribution in [0.15, 0.2) is 18.2 Å². The maximum atomic E-state index is 13.3. The predicted molar refractivity (Wildman–Crippen MR) is 66.1 cm³/mol. The first kappa shape index (κ1) is 11.8. The van der Waals surface area contributed by atoms with Crippen LogP contribution in [0.3, 0.4) is 0 Å². The molecule has 0 aromatic heterocycles. The number of ketones is 1. The van der Waals surface area contributed by atoms with Gasteiger partial charge in [0.1, 0.15) is 5.82 Å². The van der Waals surface area contributed by atoms with Gasteiger partial charge in [-0.15, -0.1) is 0 Å². The number of benzene rings is 1. The van der Waals surface area contributed by atoms with Crippen LogP contribution >= 0.6 is 0 Å². The van der Waals surface area contributed by atoms with Gasteiger partial charge in [0.25, 0.3) is 0 Å². The number of Topliss-reactive ketones (excluding diaryl/α,β-unsaturated/α-hetero) is 1. The molecule has 2 nitrogen and oxygen atoms in total. The van der Waals surface area contributed by atoms with E-state index < -0.39 is 0 Å². The van der Waals surface area contributed by atoms with E-state index in [-0.39, 0.29) is 29.7 Å². The van der Waals surface area contributed by atoms with E-state index in [9.17, 15) is 9.18 Å². The quantitative estimate of drug-likeness (QED) is 0.751. The predicted octanol–water partition coefficient (Wildman–Crippen LogP) is 3.27. The molecule has 0 N–H and O–H groups in total. The highest BCUT2D eigenvalue weighted by atomic mass is 19.1. The molecule has 2 unspecified atom stereocenters. The number of ether oxygens (including phenoxy) is 1. The molecule has 2 fully saturated rings. The van der Waals surface area contributed by atoms with Crippen molar-refractivity contribution in [2.24, 2.45) is 5.92 Å². The van der Waals surface area contributed by atoms with Gasteiger partial charge in [-0.2, -0.15) is 0 Å². The zero-order valence-corrected chi connectivity index (χ0v) is 10.5. The number of carbonyl (C=O) groups is 1. The highest BCUT2D eigenvalue weighted by Crippen LogP contribution is 2.37. The average molecular weight is 248 g/mol. The molecular weight excluding hydrogens is 231 g/mol. The Kier molecular flexibility index (Phi) is 2.94. The van der Waals surface area contributed by atoms with Gasteiger partial charge in [0.15, 0.2) is 5.78 Å². The Balaban J connectivity index is 1.81. The van der Waals surface area contributed by atoms with Crippen molar-refractivity contribution in [3.05, 3.63) is 35.1 Å². The molecule has 0 saturated carbocycles. The number of halogens is 1. The first-order valence-electron chi connectivity index (χ1n) is 6.58. The van der Waals surface area contributed by atoms with Crippen molar-refractivity contribution in [2.75, 3.05) is 0 Å². The van der Waals surface area contributed by atoms with Crippen molar-refractivity contribution >= 4 is 5.78 Å². The molecule has 0 aliphatic carbocycles. The SMILES string of the molecule is Cc1cc(F)cc(C(=O)C2CC3CCC(C2)O3)c1. The summed E-state index contributed by atoms with van der Waals surface area (Å²) in [5.41, 5.74) is 1.31. The zero-order valence-electron chi connectivity index (χ0n) is 10.5. The summed E-state index contributed by atoms with van der Waals surface area (Å²) in [7, 11) is 0. The monoisotopic (exact) mass is 248 g/mol. The van der Waals surface area contributed by atoms with Gasteiger partial charge >= 0.3 is 0 Å². The Bertz CT molecular complexity index is 451. The Morgan fingerprint density at radius 1 is 1.22 bits per heavy atom. The van der Waals surface area contributed by atoms with Crippen molar-refractivity contribution in [3.8, 4) is 0 Å². The standard InChI is InChI=1S/C15H17FO2/c1-9-4-10(6-12(16)5-9)15(17)11-7-13-2-3-14(8-11)18-13/h4-6,11,13-14H,2-3,7-8H2,1H3. The molecule has 2 aliphatic rings. The fraction of sp³-hybridized carbons (Fsp3) is 0.533. The Labute approximate surface area is 106 Å². The summed E-state index contributed by atoms with van der Waals surface area (Å²) < 4.78 is 19.1. The minimum Gasteiger partial charge on any atom is -0.375 e. The Morgan fingerprint density at radius 2 is 1.89 bits per heavy atom. The topological polar surface area (TPSA) is 26.3 Å². The lowest BCUT2D eigenvalue weighted by molar-refractivity contribution is -0.0149. The third-order valence-electron chi connectivity index (χ3n) is 3.99. The number of fused-ring (bicyclic) bond motifs is 2. The van der Waals surface area contributed by atoms with Gasteiger partial charge in [0, 0.05) is 11.5 Å². The van der Waals surface area contributed by atoms with Gasteiger partial charge in [-0.3, -0.25) is 4.79 Å². The van der Waals surface area contributed by atoms with E-state index in [4.69, 9.17) is 4.74 Å². The highest BCUT2D eigenvalue weighted by molar-refractivity contribution is 5.98. The van der Waals surface area contributed by atoms with Crippen LogP contribution < -0.4 is 0 Å². The molecule has 96 valence electrons. The van der Waals surface area contributed by atoms with Crippen molar-refractivity contribution in [1.29, 1.82) is 0 Å². The van der Waals surface area contributed by atoms with Crippen LogP contribution in [0.1, 0.15) is 41.6 Å². The molecular formula is C15H17FO2. The minimum atomic E-state index is -0.326. The number of carbonyl (C=O) groups excluding carboxylic acids is 1. The molecule has 1 aromatic rings. The van der Waals surface area contributed by atoms with Crippen LogP contribution in [0.25, 0.3) is 0 Å². The lowest BCUT2D eigenvalue weighted by atomic mass is 9.87. The van der Waals surface area contributed by atoms with Gasteiger partial charge in [-0.05, 0) is 56.4 Å². The summed E-state index contributed by atoms with van der Waals surface area (Å²) in [4.78, 5) is 12.4. The third-order valence-corrected chi connectivity index (χ3v) is 3.99. The summed E-state index contributed by atoms with van der Waals surface area (Å²) in [6.07, 6.45) is 4.21. The summed E-state index contributed by atoms with van der Waals surface area (Å²) in [6.45, 7) is 1.81. The lowest BCUT2D eigenvalue weighted by Gasteiger charge is -2.27. The van der Waals surface area contributed by atoms with Gasteiger partial charge in [-0.25, -0.2) is 4.39 Å². The van der Waals surface area contributed by atoms with E-state index >= 15 is 0 Å². The maximum Gasteiger partial charge on any atom is 0.166 e. The Hall–Kier alpha value is -1.22. The second-order valence-corrected chi connectivity index (χ2v) is 5.51. The number of hydrogen-bond donors (Lipinski definition) is 0. The number of rotatable bonds is 2. The van der Waals surface area contributed by atoms with E-state index in [2.05, 4.69) is 0 Å². The second-order valence-electron chi connectivity index (χ2n) is 5.51. The Morgan fingerprint density at radius 3 is 2.50 bits per heavy atom. The zero-order chi connectivity index (χ0) is 12.7. The van der Waals surface area contributed by atoms with Gasteiger partial charge < -0.3 is 4.74 Å². The molecule has 3 rings (SSSR count). The number of aryl methyl sites for hydroxylation is 1. The fourth-order valence-electron chi connectivity index (χ4n) is 3.19. The maximum absolute atomic E-state index is 13.3. The molecule has 2 atom stereocenters. The molecule has 0 radical (unpaired) electrons. The van der Waals surface area contributed by atoms with Crippen LogP contribution in [-0.2, 0) is 4.74 Å². The normalized spacial score (nSPS) is 30.4. The molecule has 1 aromatic carbocycles. The first-order chi connectivity index (χ1) is 8.61. The van der Waals surface area contributed by atoms with Gasteiger partial charge in [0.05, 0.1) is 12.2 Å². The van der Waals surface area contributed by atoms with Gasteiger partial charge in [0.2, 0.25) is 0 Å². The second kappa shape index (κ2) is 4.47. The first-order valence-corrected chi connectivity index (χ1v) is 6.58. The fourth-order valence-corrected chi connectivity index (χ4v) is 3.19.